The summed E-state index contributed by atoms with van der Waals surface area (Å²) in [6.45, 7) is 1.83. The lowest BCUT2D eigenvalue weighted by Gasteiger charge is -2.09. The van der Waals surface area contributed by atoms with Crippen molar-refractivity contribution in [3.8, 4) is 22.8 Å². The van der Waals surface area contributed by atoms with Crippen LogP contribution in [0.15, 0.2) is 35.5 Å². The van der Waals surface area contributed by atoms with Gasteiger partial charge in [0.1, 0.15) is 29.2 Å². The van der Waals surface area contributed by atoms with Crippen LogP contribution in [0, 0.1) is 0 Å². The van der Waals surface area contributed by atoms with Crippen LogP contribution in [0.3, 0.4) is 0 Å². The second-order valence-electron chi connectivity index (χ2n) is 4.84. The Labute approximate surface area is 141 Å². The molecule has 3 aromatic rings. The maximum absolute atomic E-state index is 12.1. The Balaban J connectivity index is 2.03. The average molecular weight is 342 g/mol. The van der Waals surface area contributed by atoms with Gasteiger partial charge in [0.05, 0.1) is 13.7 Å². The summed E-state index contributed by atoms with van der Waals surface area (Å²) in [5.74, 6) is 0.114. The van der Waals surface area contributed by atoms with Crippen LogP contribution >= 0.6 is 0 Å². The number of ether oxygens (including phenoxy) is 2. The van der Waals surface area contributed by atoms with Crippen molar-refractivity contribution in [1.29, 1.82) is 0 Å². The lowest BCUT2D eigenvalue weighted by molar-refractivity contribution is 0.0523. The van der Waals surface area contributed by atoms with Crippen molar-refractivity contribution in [2.24, 2.45) is 0 Å². The van der Waals surface area contributed by atoms with E-state index in [0.29, 0.717) is 17.0 Å². The smallest absolute Gasteiger partial charge is 0.345 e. The van der Waals surface area contributed by atoms with Gasteiger partial charge in [-0.25, -0.2) is 9.78 Å². The zero-order valence-corrected chi connectivity index (χ0v) is 13.5. The molecule has 0 amide bonds. The molecule has 0 spiro atoms. The number of nitrogens with zero attached hydrogens (tertiary/aromatic N) is 5. The highest BCUT2D eigenvalue weighted by Gasteiger charge is 2.15. The van der Waals surface area contributed by atoms with E-state index in [-0.39, 0.29) is 18.0 Å². The molecule has 0 aliphatic rings. The van der Waals surface area contributed by atoms with Crippen molar-refractivity contribution in [3.05, 3.63) is 46.6 Å². The first-order chi connectivity index (χ1) is 12.1. The molecule has 0 bridgehead atoms. The van der Waals surface area contributed by atoms with Crippen LogP contribution in [0.5, 0.6) is 5.75 Å². The highest BCUT2D eigenvalue weighted by atomic mass is 16.5. The third-order valence-corrected chi connectivity index (χ3v) is 3.34. The summed E-state index contributed by atoms with van der Waals surface area (Å²) in [7, 11) is 1.52. The van der Waals surface area contributed by atoms with Crippen molar-refractivity contribution in [1.82, 2.24) is 30.2 Å². The predicted octanol–water partition coefficient (Wildman–Crippen LogP) is 0.598. The number of esters is 1. The number of aromatic nitrogens is 6. The van der Waals surface area contributed by atoms with E-state index < -0.39 is 11.5 Å². The van der Waals surface area contributed by atoms with E-state index in [9.17, 15) is 9.59 Å². The minimum atomic E-state index is -0.716. The summed E-state index contributed by atoms with van der Waals surface area (Å²) in [5.41, 5.74) is 0.434. The number of H-pyrrole nitrogens is 1. The molecule has 0 radical (unpaired) electrons. The number of tetrazole rings is 1. The lowest BCUT2D eigenvalue weighted by Crippen LogP contribution is -2.21. The van der Waals surface area contributed by atoms with Gasteiger partial charge in [0.25, 0.3) is 5.56 Å². The molecule has 0 saturated heterocycles. The maximum atomic E-state index is 12.1. The maximum Gasteiger partial charge on any atom is 0.345 e. The molecule has 0 atom stereocenters. The molecule has 2 heterocycles. The molecule has 0 aliphatic heterocycles. The first kappa shape index (κ1) is 16.3. The Morgan fingerprint density at radius 1 is 1.36 bits per heavy atom. The monoisotopic (exact) mass is 342 g/mol. The first-order valence-electron chi connectivity index (χ1n) is 7.32. The molecule has 3 rings (SSSR count). The summed E-state index contributed by atoms with van der Waals surface area (Å²) < 4.78 is 11.5. The summed E-state index contributed by atoms with van der Waals surface area (Å²) in [6.07, 6.45) is 2.61. The van der Waals surface area contributed by atoms with Gasteiger partial charge in [0, 0.05) is 11.8 Å². The number of hydrogen-bond donors (Lipinski definition) is 1. The zero-order valence-electron chi connectivity index (χ0n) is 13.5. The molecule has 0 unspecified atom stereocenters. The van der Waals surface area contributed by atoms with E-state index >= 15 is 0 Å². The number of nitrogens with one attached hydrogen (secondary N) is 1. The summed E-state index contributed by atoms with van der Waals surface area (Å²) in [5, 5.41) is 11.0. The number of carbonyl (C=O) groups is 1. The van der Waals surface area contributed by atoms with Gasteiger partial charge in [-0.1, -0.05) is 0 Å². The van der Waals surface area contributed by atoms with Crippen molar-refractivity contribution >= 4 is 5.97 Å². The number of hydrogen-bond acceptors (Lipinski definition) is 8. The van der Waals surface area contributed by atoms with Crippen molar-refractivity contribution < 1.29 is 14.3 Å². The largest absolute Gasteiger partial charge is 0.494 e. The Bertz CT molecular complexity index is 951. The lowest BCUT2D eigenvalue weighted by atomic mass is 10.1. The minimum absolute atomic E-state index is 0.153. The zero-order chi connectivity index (χ0) is 17.8. The van der Waals surface area contributed by atoms with Crippen molar-refractivity contribution in [2.45, 2.75) is 6.92 Å². The molecule has 10 heteroatoms. The van der Waals surface area contributed by atoms with E-state index in [1.54, 1.807) is 25.1 Å². The molecular weight excluding hydrogens is 328 g/mol. The Morgan fingerprint density at radius 2 is 2.20 bits per heavy atom. The van der Waals surface area contributed by atoms with Gasteiger partial charge in [-0.3, -0.25) is 4.79 Å². The van der Waals surface area contributed by atoms with E-state index in [0.717, 1.165) is 0 Å². The third-order valence-electron chi connectivity index (χ3n) is 3.34. The molecule has 25 heavy (non-hydrogen) atoms. The second-order valence-corrected chi connectivity index (χ2v) is 4.84. The Morgan fingerprint density at radius 3 is 2.84 bits per heavy atom. The van der Waals surface area contributed by atoms with Gasteiger partial charge in [-0.05, 0) is 35.5 Å². The van der Waals surface area contributed by atoms with Crippen LogP contribution in [-0.2, 0) is 4.74 Å². The fourth-order valence-electron chi connectivity index (χ4n) is 2.18. The van der Waals surface area contributed by atoms with Crippen LogP contribution in [0.1, 0.15) is 17.3 Å². The van der Waals surface area contributed by atoms with Gasteiger partial charge < -0.3 is 14.5 Å². The standard InChI is InChI=1S/C15H14N6O4/c1-3-25-15(23)10-7-16-13(18-14(10)22)9-4-5-12(24-2)11(6-9)21-8-17-19-20-21/h4-8H,3H2,1-2H3,(H,16,18,22). The van der Waals surface area contributed by atoms with Crippen LogP contribution in [-0.4, -0.2) is 49.9 Å². The molecule has 0 fully saturated rings. The highest BCUT2D eigenvalue weighted by molar-refractivity contribution is 5.88. The molecular formula is C15H14N6O4. The molecule has 2 aromatic heterocycles. The number of rotatable bonds is 5. The molecule has 0 aliphatic carbocycles. The van der Waals surface area contributed by atoms with Crippen LogP contribution in [0.4, 0.5) is 0 Å². The van der Waals surface area contributed by atoms with E-state index in [4.69, 9.17) is 9.47 Å². The van der Waals surface area contributed by atoms with Crippen molar-refractivity contribution in [3.63, 3.8) is 0 Å². The quantitative estimate of drug-likeness (QED) is 0.668. The van der Waals surface area contributed by atoms with Crippen LogP contribution < -0.4 is 10.3 Å². The van der Waals surface area contributed by atoms with Gasteiger partial charge in [0.15, 0.2) is 0 Å². The number of aromatic amines is 1. The van der Waals surface area contributed by atoms with Crippen LogP contribution in [0.25, 0.3) is 17.1 Å². The molecule has 128 valence electrons. The minimum Gasteiger partial charge on any atom is -0.494 e. The molecule has 1 N–H and O–H groups in total. The summed E-state index contributed by atoms with van der Waals surface area (Å²) in [4.78, 5) is 30.5. The number of carbonyl (C=O) groups excluding carboxylic acids is 1. The molecule has 10 nitrogen and oxygen atoms in total. The summed E-state index contributed by atoms with van der Waals surface area (Å²) >= 11 is 0. The fraction of sp³-hybridized carbons (Fsp3) is 0.200. The predicted molar refractivity (Wildman–Crippen MR) is 85.5 cm³/mol. The van der Waals surface area contributed by atoms with E-state index in [2.05, 4.69) is 25.5 Å². The van der Waals surface area contributed by atoms with Gasteiger partial charge >= 0.3 is 5.97 Å². The van der Waals surface area contributed by atoms with E-state index in [1.807, 2.05) is 0 Å². The Hall–Kier alpha value is -3.56. The third kappa shape index (κ3) is 3.22. The highest BCUT2D eigenvalue weighted by Crippen LogP contribution is 2.26. The normalized spacial score (nSPS) is 10.5. The fourth-order valence-corrected chi connectivity index (χ4v) is 2.18. The Kier molecular flexibility index (Phi) is 4.50. The number of methoxy groups -OCH3 is 1. The molecule has 0 saturated carbocycles. The second kappa shape index (κ2) is 6.91. The first-order valence-corrected chi connectivity index (χ1v) is 7.32. The van der Waals surface area contributed by atoms with Crippen LogP contribution in [0.2, 0.25) is 0 Å². The van der Waals surface area contributed by atoms with Gasteiger partial charge in [0.2, 0.25) is 0 Å². The topological polar surface area (TPSA) is 125 Å². The average Bonchev–Trinajstić information content (AvgIpc) is 3.15. The SMILES string of the molecule is CCOC(=O)c1cnc(-c2ccc(OC)c(-n3cnnn3)c2)[nH]c1=O. The summed E-state index contributed by atoms with van der Waals surface area (Å²) in [6, 6.07) is 5.12. The van der Waals surface area contributed by atoms with E-state index in [1.165, 1.54) is 24.3 Å². The number of benzene rings is 1. The van der Waals surface area contributed by atoms with Crippen molar-refractivity contribution in [2.75, 3.05) is 13.7 Å². The molecule has 1 aromatic carbocycles. The van der Waals surface area contributed by atoms with Gasteiger partial charge in [-0.2, -0.15) is 4.68 Å². The van der Waals surface area contributed by atoms with Gasteiger partial charge in [-0.15, -0.1) is 5.10 Å².